The third-order valence-corrected chi connectivity index (χ3v) is 3.79. The van der Waals surface area contributed by atoms with Crippen molar-refractivity contribution in [3.05, 3.63) is 47.5 Å². The summed E-state index contributed by atoms with van der Waals surface area (Å²) in [7, 11) is 0. The van der Waals surface area contributed by atoms with Crippen LogP contribution in [0.15, 0.2) is 30.3 Å². The van der Waals surface area contributed by atoms with Crippen molar-refractivity contribution in [1.82, 2.24) is 9.97 Å². The molecule has 0 spiro atoms. The molecule has 1 aromatic carbocycles. The first kappa shape index (κ1) is 14.8. The summed E-state index contributed by atoms with van der Waals surface area (Å²) >= 11 is 0. The Bertz CT molecular complexity index is 655. The van der Waals surface area contributed by atoms with Gasteiger partial charge in [-0.25, -0.2) is 9.97 Å². The highest BCUT2D eigenvalue weighted by Gasteiger charge is 2.20. The maximum Gasteiger partial charge on any atom is 0.161 e. The second-order valence-electron chi connectivity index (χ2n) is 6.02. The molecule has 0 radical (unpaired) electrons. The van der Waals surface area contributed by atoms with Gasteiger partial charge in [-0.3, -0.25) is 0 Å². The molecule has 0 fully saturated rings. The molecule has 2 heterocycles. The molecule has 0 saturated carbocycles. The van der Waals surface area contributed by atoms with E-state index in [9.17, 15) is 0 Å². The standard InChI is InChI=1S/C18H22N2O2/c1-12(2)16-10-14(19-13(3)20-16)8-9-15-11-21-17-6-4-5-7-18(17)22-15/h4-7,10,12,15H,8-9,11H2,1-3H3/t15-/m0/s1. The van der Waals surface area contributed by atoms with Crippen LogP contribution >= 0.6 is 0 Å². The van der Waals surface area contributed by atoms with Gasteiger partial charge in [0.1, 0.15) is 18.5 Å². The zero-order valence-electron chi connectivity index (χ0n) is 13.4. The van der Waals surface area contributed by atoms with Gasteiger partial charge in [-0.2, -0.15) is 0 Å². The first-order chi connectivity index (χ1) is 10.6. The van der Waals surface area contributed by atoms with Gasteiger partial charge in [-0.1, -0.05) is 26.0 Å². The van der Waals surface area contributed by atoms with E-state index in [0.29, 0.717) is 12.5 Å². The Morgan fingerprint density at radius 2 is 1.95 bits per heavy atom. The average Bonchev–Trinajstić information content (AvgIpc) is 2.52. The number of rotatable bonds is 4. The van der Waals surface area contributed by atoms with Crippen molar-refractivity contribution < 1.29 is 9.47 Å². The minimum atomic E-state index is 0.0765. The first-order valence-corrected chi connectivity index (χ1v) is 7.85. The van der Waals surface area contributed by atoms with E-state index in [4.69, 9.17) is 9.47 Å². The van der Waals surface area contributed by atoms with Crippen molar-refractivity contribution in [2.45, 2.75) is 45.6 Å². The van der Waals surface area contributed by atoms with E-state index in [1.54, 1.807) is 0 Å². The van der Waals surface area contributed by atoms with Crippen molar-refractivity contribution in [2.24, 2.45) is 0 Å². The molecule has 3 rings (SSSR count). The van der Waals surface area contributed by atoms with Gasteiger partial charge in [0.05, 0.1) is 0 Å². The predicted molar refractivity (Wildman–Crippen MR) is 85.5 cm³/mol. The average molecular weight is 298 g/mol. The maximum absolute atomic E-state index is 5.99. The lowest BCUT2D eigenvalue weighted by Gasteiger charge is -2.26. The van der Waals surface area contributed by atoms with Crippen LogP contribution in [0.1, 0.15) is 43.4 Å². The van der Waals surface area contributed by atoms with E-state index in [2.05, 4.69) is 29.9 Å². The summed E-state index contributed by atoms with van der Waals surface area (Å²) < 4.78 is 11.7. The number of aromatic nitrogens is 2. The van der Waals surface area contributed by atoms with Crippen molar-refractivity contribution in [3.63, 3.8) is 0 Å². The molecule has 4 heteroatoms. The summed E-state index contributed by atoms with van der Waals surface area (Å²) in [6.45, 7) is 6.85. The van der Waals surface area contributed by atoms with Gasteiger partial charge in [0.15, 0.2) is 11.5 Å². The van der Waals surface area contributed by atoms with Crippen LogP contribution < -0.4 is 9.47 Å². The fourth-order valence-corrected chi connectivity index (χ4v) is 2.59. The topological polar surface area (TPSA) is 44.2 Å². The van der Waals surface area contributed by atoms with Gasteiger partial charge in [0, 0.05) is 11.4 Å². The number of fused-ring (bicyclic) bond motifs is 1. The normalized spacial score (nSPS) is 16.8. The third kappa shape index (κ3) is 3.38. The van der Waals surface area contributed by atoms with Crippen molar-refractivity contribution >= 4 is 0 Å². The molecule has 22 heavy (non-hydrogen) atoms. The van der Waals surface area contributed by atoms with E-state index in [1.807, 2.05) is 31.2 Å². The van der Waals surface area contributed by atoms with E-state index < -0.39 is 0 Å². The second-order valence-corrected chi connectivity index (χ2v) is 6.02. The van der Waals surface area contributed by atoms with Gasteiger partial charge in [0.2, 0.25) is 0 Å². The lowest BCUT2D eigenvalue weighted by molar-refractivity contribution is 0.0849. The fourth-order valence-electron chi connectivity index (χ4n) is 2.59. The number of benzene rings is 1. The molecule has 1 atom stereocenters. The summed E-state index contributed by atoms with van der Waals surface area (Å²) in [4.78, 5) is 9.03. The zero-order chi connectivity index (χ0) is 15.5. The predicted octanol–water partition coefficient (Wildman–Crippen LogP) is 3.68. The maximum atomic E-state index is 5.99. The number of nitrogens with zero attached hydrogens (tertiary/aromatic N) is 2. The molecule has 0 aliphatic carbocycles. The highest BCUT2D eigenvalue weighted by Crippen LogP contribution is 2.31. The first-order valence-electron chi connectivity index (χ1n) is 7.85. The molecule has 0 bridgehead atoms. The van der Waals surface area contributed by atoms with E-state index in [1.165, 1.54) is 0 Å². The highest BCUT2D eigenvalue weighted by atomic mass is 16.6. The van der Waals surface area contributed by atoms with Crippen LogP contribution in [0.25, 0.3) is 0 Å². The molecule has 116 valence electrons. The molecule has 1 aliphatic rings. The summed E-state index contributed by atoms with van der Waals surface area (Å²) in [5, 5.41) is 0. The van der Waals surface area contributed by atoms with Gasteiger partial charge < -0.3 is 9.47 Å². The van der Waals surface area contributed by atoms with Crippen LogP contribution in [0.3, 0.4) is 0 Å². The van der Waals surface area contributed by atoms with Gasteiger partial charge in [-0.15, -0.1) is 0 Å². The molecule has 1 aromatic heterocycles. The Kier molecular flexibility index (Phi) is 4.27. The van der Waals surface area contributed by atoms with Gasteiger partial charge in [-0.05, 0) is 43.9 Å². The van der Waals surface area contributed by atoms with E-state index >= 15 is 0 Å². The molecule has 1 aliphatic heterocycles. The molecule has 0 amide bonds. The van der Waals surface area contributed by atoms with Crippen LogP contribution in [-0.2, 0) is 6.42 Å². The van der Waals surface area contributed by atoms with Crippen molar-refractivity contribution in [1.29, 1.82) is 0 Å². The van der Waals surface area contributed by atoms with E-state index in [-0.39, 0.29) is 6.10 Å². The Morgan fingerprint density at radius 1 is 1.18 bits per heavy atom. The van der Waals surface area contributed by atoms with Crippen LogP contribution in [0.4, 0.5) is 0 Å². The van der Waals surface area contributed by atoms with Crippen LogP contribution in [0.2, 0.25) is 0 Å². The molecule has 2 aromatic rings. The SMILES string of the molecule is Cc1nc(CC[C@H]2COc3ccccc3O2)cc(C(C)C)n1. The van der Waals surface area contributed by atoms with E-state index in [0.717, 1.165) is 41.6 Å². The summed E-state index contributed by atoms with van der Waals surface area (Å²) in [5.74, 6) is 2.92. The minimum absolute atomic E-state index is 0.0765. The largest absolute Gasteiger partial charge is 0.486 e. The summed E-state index contributed by atoms with van der Waals surface area (Å²) in [5.41, 5.74) is 2.19. The molecule has 0 saturated heterocycles. The molecular formula is C18H22N2O2. The number of para-hydroxylation sites is 2. The monoisotopic (exact) mass is 298 g/mol. The van der Waals surface area contributed by atoms with Crippen LogP contribution in [-0.4, -0.2) is 22.7 Å². The zero-order valence-corrected chi connectivity index (χ0v) is 13.4. The second kappa shape index (κ2) is 6.34. The minimum Gasteiger partial charge on any atom is -0.486 e. The summed E-state index contributed by atoms with van der Waals surface area (Å²) in [6.07, 6.45) is 1.84. The quantitative estimate of drug-likeness (QED) is 0.863. The molecule has 0 unspecified atom stereocenters. The fraction of sp³-hybridized carbons (Fsp3) is 0.444. The summed E-state index contributed by atoms with van der Waals surface area (Å²) in [6, 6.07) is 9.92. The van der Waals surface area contributed by atoms with Gasteiger partial charge in [0.25, 0.3) is 0 Å². The number of hydrogen-bond donors (Lipinski definition) is 0. The Hall–Kier alpha value is -2.10. The number of hydrogen-bond acceptors (Lipinski definition) is 4. The Labute approximate surface area is 131 Å². The molecule has 4 nitrogen and oxygen atoms in total. The van der Waals surface area contributed by atoms with Crippen molar-refractivity contribution in [3.8, 4) is 11.5 Å². The van der Waals surface area contributed by atoms with Crippen molar-refractivity contribution in [2.75, 3.05) is 6.61 Å². The van der Waals surface area contributed by atoms with Crippen LogP contribution in [0, 0.1) is 6.92 Å². The molecular weight excluding hydrogens is 276 g/mol. The number of aryl methyl sites for hydroxylation is 2. The Morgan fingerprint density at radius 3 is 2.73 bits per heavy atom. The third-order valence-electron chi connectivity index (χ3n) is 3.79. The number of ether oxygens (including phenoxy) is 2. The smallest absolute Gasteiger partial charge is 0.161 e. The lowest BCUT2D eigenvalue weighted by atomic mass is 10.1. The highest BCUT2D eigenvalue weighted by molar-refractivity contribution is 5.40. The van der Waals surface area contributed by atoms with Gasteiger partial charge >= 0.3 is 0 Å². The lowest BCUT2D eigenvalue weighted by Crippen LogP contribution is -2.29. The molecule has 0 N–H and O–H groups in total. The van der Waals surface area contributed by atoms with Crippen LogP contribution in [0.5, 0.6) is 11.5 Å². The Balaban J connectivity index is 1.64.